The van der Waals surface area contributed by atoms with Crippen LogP contribution in [0, 0.1) is 0 Å². The average Bonchev–Trinajstić information content (AvgIpc) is 2.25. The van der Waals surface area contributed by atoms with E-state index in [0.717, 1.165) is 4.90 Å². The Labute approximate surface area is 100 Å². The predicted octanol–water partition coefficient (Wildman–Crippen LogP) is 3.30. The molecular weight excluding hydrogens is 224 g/mol. The summed E-state index contributed by atoms with van der Waals surface area (Å²) in [5.74, 6) is -0.470. The first-order valence-corrected chi connectivity index (χ1v) is 6.19. The van der Waals surface area contributed by atoms with Gasteiger partial charge in [0.05, 0.1) is 5.56 Å². The van der Waals surface area contributed by atoms with Crippen LogP contribution in [0.15, 0.2) is 29.2 Å². The molecule has 0 spiro atoms. The molecule has 0 fully saturated rings. The lowest BCUT2D eigenvalue weighted by atomic mass is 10.2. The van der Waals surface area contributed by atoms with Crippen molar-refractivity contribution in [3.05, 3.63) is 29.8 Å². The molecule has 0 heterocycles. The Hall–Kier alpha value is -1.00. The van der Waals surface area contributed by atoms with E-state index in [2.05, 4.69) is 0 Å². The van der Waals surface area contributed by atoms with Crippen LogP contribution < -0.4 is 0 Å². The zero-order valence-electron chi connectivity index (χ0n) is 9.94. The van der Waals surface area contributed by atoms with Gasteiger partial charge in [0.15, 0.2) is 0 Å². The third-order valence-electron chi connectivity index (χ3n) is 1.69. The number of benzene rings is 1. The topological polar surface area (TPSA) is 35.5 Å². The lowest BCUT2D eigenvalue weighted by Crippen LogP contribution is -2.21. The summed E-state index contributed by atoms with van der Waals surface area (Å²) in [7, 11) is 0. The van der Waals surface area contributed by atoms with Crippen LogP contribution in [0.3, 0.4) is 0 Å². The van der Waals surface area contributed by atoms with E-state index < -0.39 is 11.6 Å². The maximum absolute atomic E-state index is 11.5. The molecule has 0 N–H and O–H groups in total. The predicted molar refractivity (Wildman–Crippen MR) is 64.5 cm³/mol. The summed E-state index contributed by atoms with van der Waals surface area (Å²) in [4.78, 5) is 22.3. The lowest BCUT2D eigenvalue weighted by molar-refractivity contribution is -0.301. The summed E-state index contributed by atoms with van der Waals surface area (Å²) in [6, 6.07) is 7.19. The summed E-state index contributed by atoms with van der Waals surface area (Å²) in [5.41, 5.74) is -0.00319. The van der Waals surface area contributed by atoms with Gasteiger partial charge >= 0.3 is 5.97 Å². The highest BCUT2D eigenvalue weighted by atomic mass is 32.2. The smallest absolute Gasteiger partial charge is 0.292 e. The summed E-state index contributed by atoms with van der Waals surface area (Å²) < 4.78 is 0. The molecule has 1 aromatic rings. The van der Waals surface area contributed by atoms with Crippen LogP contribution in [0.2, 0.25) is 0 Å². The van der Waals surface area contributed by atoms with Gasteiger partial charge in [-0.25, -0.2) is 4.79 Å². The summed E-state index contributed by atoms with van der Waals surface area (Å²) in [6.07, 6.45) is 1.98. The number of carbonyl (C=O) groups excluding carboxylic acids is 1. The Kier molecular flexibility index (Phi) is 4.38. The minimum Gasteiger partial charge on any atom is -0.292 e. The fourth-order valence-electron chi connectivity index (χ4n) is 0.938. The fraction of sp³-hybridized carbons (Fsp3) is 0.417. The third-order valence-corrected chi connectivity index (χ3v) is 2.44. The van der Waals surface area contributed by atoms with Crippen molar-refractivity contribution in [1.29, 1.82) is 0 Å². The van der Waals surface area contributed by atoms with Crippen LogP contribution in [0.5, 0.6) is 0 Å². The molecule has 0 aliphatic heterocycles. The average molecular weight is 240 g/mol. The second-order valence-electron chi connectivity index (χ2n) is 4.29. The zero-order valence-corrected chi connectivity index (χ0v) is 10.8. The van der Waals surface area contributed by atoms with Gasteiger partial charge in [-0.05, 0) is 51.3 Å². The molecule has 16 heavy (non-hydrogen) atoms. The molecule has 3 nitrogen and oxygen atoms in total. The van der Waals surface area contributed by atoms with Crippen LogP contribution in [-0.4, -0.2) is 17.8 Å². The van der Waals surface area contributed by atoms with Gasteiger partial charge in [-0.1, -0.05) is 0 Å². The van der Waals surface area contributed by atoms with Gasteiger partial charge in [-0.2, -0.15) is 4.89 Å². The minimum atomic E-state index is -0.491. The maximum atomic E-state index is 11.5. The fourth-order valence-corrected chi connectivity index (χ4v) is 1.35. The molecule has 0 aliphatic carbocycles. The molecule has 0 bridgehead atoms. The second kappa shape index (κ2) is 5.37. The molecule has 1 rings (SSSR count). The molecule has 0 aromatic heterocycles. The maximum Gasteiger partial charge on any atom is 0.373 e. The standard InChI is InChI=1S/C12H16O3S/c1-12(2,3)15-14-11(13)9-5-7-10(16-4)8-6-9/h5-8H,1-4H3. The number of rotatable bonds is 3. The van der Waals surface area contributed by atoms with E-state index in [1.54, 1.807) is 23.9 Å². The number of carbonyl (C=O) groups is 1. The monoisotopic (exact) mass is 240 g/mol. The Balaban J connectivity index is 2.59. The van der Waals surface area contributed by atoms with E-state index in [9.17, 15) is 4.79 Å². The van der Waals surface area contributed by atoms with E-state index >= 15 is 0 Å². The van der Waals surface area contributed by atoms with Crippen LogP contribution in [0.25, 0.3) is 0 Å². The first-order chi connectivity index (χ1) is 7.42. The van der Waals surface area contributed by atoms with Gasteiger partial charge in [0, 0.05) is 4.90 Å². The highest BCUT2D eigenvalue weighted by Crippen LogP contribution is 2.16. The highest BCUT2D eigenvalue weighted by molar-refractivity contribution is 7.98. The quantitative estimate of drug-likeness (QED) is 0.461. The molecule has 0 unspecified atom stereocenters. The SMILES string of the molecule is CSc1ccc(C(=O)OOC(C)(C)C)cc1. The summed E-state index contributed by atoms with van der Waals surface area (Å²) in [6.45, 7) is 5.45. The second-order valence-corrected chi connectivity index (χ2v) is 5.17. The number of hydrogen-bond acceptors (Lipinski definition) is 4. The molecular formula is C12H16O3S. The Bertz CT molecular complexity index is 352. The van der Waals surface area contributed by atoms with Crippen molar-refractivity contribution in [3.8, 4) is 0 Å². The van der Waals surface area contributed by atoms with Crippen LogP contribution >= 0.6 is 11.8 Å². The Morgan fingerprint density at radius 3 is 2.19 bits per heavy atom. The first kappa shape index (κ1) is 13.1. The Morgan fingerprint density at radius 2 is 1.75 bits per heavy atom. The molecule has 0 amide bonds. The van der Waals surface area contributed by atoms with Gasteiger partial charge in [0.25, 0.3) is 0 Å². The van der Waals surface area contributed by atoms with E-state index in [-0.39, 0.29) is 0 Å². The number of hydrogen-bond donors (Lipinski definition) is 0. The third kappa shape index (κ3) is 4.24. The molecule has 0 radical (unpaired) electrons. The molecule has 4 heteroatoms. The van der Waals surface area contributed by atoms with E-state index in [4.69, 9.17) is 9.78 Å². The molecule has 1 aromatic carbocycles. The number of thioether (sulfide) groups is 1. The lowest BCUT2D eigenvalue weighted by Gasteiger charge is -2.16. The summed E-state index contributed by atoms with van der Waals surface area (Å²) in [5, 5.41) is 0. The van der Waals surface area contributed by atoms with Crippen molar-refractivity contribution in [2.24, 2.45) is 0 Å². The van der Waals surface area contributed by atoms with Crippen molar-refractivity contribution in [2.75, 3.05) is 6.26 Å². The van der Waals surface area contributed by atoms with Crippen molar-refractivity contribution in [3.63, 3.8) is 0 Å². The molecule has 0 atom stereocenters. The zero-order chi connectivity index (χ0) is 12.2. The van der Waals surface area contributed by atoms with Crippen molar-refractivity contribution >= 4 is 17.7 Å². The summed E-state index contributed by atoms with van der Waals surface area (Å²) >= 11 is 1.62. The van der Waals surface area contributed by atoms with E-state index in [1.165, 1.54) is 0 Å². The van der Waals surface area contributed by atoms with Crippen molar-refractivity contribution in [2.45, 2.75) is 31.3 Å². The van der Waals surface area contributed by atoms with Crippen LogP contribution in [0.4, 0.5) is 0 Å². The van der Waals surface area contributed by atoms with Crippen molar-refractivity contribution in [1.82, 2.24) is 0 Å². The molecule has 88 valence electrons. The van der Waals surface area contributed by atoms with Gasteiger partial charge in [-0.3, -0.25) is 4.89 Å². The van der Waals surface area contributed by atoms with Gasteiger partial charge < -0.3 is 0 Å². The molecule has 0 saturated carbocycles. The minimum absolute atomic E-state index is 0.470. The highest BCUT2D eigenvalue weighted by Gasteiger charge is 2.16. The normalized spacial score (nSPS) is 11.2. The van der Waals surface area contributed by atoms with Gasteiger partial charge in [0.1, 0.15) is 5.60 Å². The largest absolute Gasteiger partial charge is 0.373 e. The van der Waals surface area contributed by atoms with Crippen LogP contribution in [0.1, 0.15) is 31.1 Å². The van der Waals surface area contributed by atoms with Gasteiger partial charge in [0.2, 0.25) is 0 Å². The van der Waals surface area contributed by atoms with Crippen molar-refractivity contribution < 1.29 is 14.6 Å². The van der Waals surface area contributed by atoms with Crippen LogP contribution in [-0.2, 0) is 9.78 Å². The Morgan fingerprint density at radius 1 is 1.19 bits per heavy atom. The van der Waals surface area contributed by atoms with Gasteiger partial charge in [-0.15, -0.1) is 11.8 Å². The molecule has 0 aliphatic rings. The molecule has 0 saturated heterocycles. The van der Waals surface area contributed by atoms with E-state index in [0.29, 0.717) is 5.56 Å². The first-order valence-electron chi connectivity index (χ1n) is 4.96. The van der Waals surface area contributed by atoms with E-state index in [1.807, 2.05) is 39.2 Å².